The average Bonchev–Trinajstić information content (AvgIpc) is 2.91. The molecule has 0 bridgehead atoms. The largest absolute Gasteiger partial charge is 0.544 e. The van der Waals surface area contributed by atoms with Gasteiger partial charge in [0.25, 0.3) is 5.22 Å². The Bertz CT molecular complexity index is 711. The van der Waals surface area contributed by atoms with E-state index in [2.05, 4.69) is 10.2 Å². The van der Waals surface area contributed by atoms with Gasteiger partial charge in [-0.1, -0.05) is 0 Å². The van der Waals surface area contributed by atoms with E-state index in [0.29, 0.717) is 23.0 Å². The minimum Gasteiger partial charge on any atom is -0.544 e. The molecule has 0 aliphatic heterocycles. The second kappa shape index (κ2) is 6.99. The van der Waals surface area contributed by atoms with E-state index < -0.39 is 5.97 Å². The molecule has 22 heavy (non-hydrogen) atoms. The zero-order chi connectivity index (χ0) is 16.1. The van der Waals surface area contributed by atoms with Crippen LogP contribution in [0.25, 0.3) is 6.08 Å². The molecule has 0 saturated heterocycles. The lowest BCUT2D eigenvalue weighted by Gasteiger charge is -2.10. The molecule has 8 heteroatoms. The third-order valence-corrected chi connectivity index (χ3v) is 3.47. The Hall–Kier alpha value is -2.48. The van der Waals surface area contributed by atoms with Crippen molar-refractivity contribution >= 4 is 23.8 Å². The van der Waals surface area contributed by atoms with Gasteiger partial charge in [-0.2, -0.15) is 0 Å². The third-order valence-electron chi connectivity index (χ3n) is 2.63. The van der Waals surface area contributed by atoms with Crippen LogP contribution in [0.5, 0.6) is 11.5 Å². The SMILES string of the molecule is COc1ccc(OC)c(/C=C(\Sc2nnc(C)o2)C(=O)[O-])c1. The van der Waals surface area contributed by atoms with Gasteiger partial charge in [0.2, 0.25) is 5.89 Å². The molecule has 0 spiro atoms. The van der Waals surface area contributed by atoms with Gasteiger partial charge in [-0.25, -0.2) is 0 Å². The number of thioether (sulfide) groups is 1. The Morgan fingerprint density at radius 1 is 1.32 bits per heavy atom. The topological polar surface area (TPSA) is 97.5 Å². The molecule has 0 atom stereocenters. The van der Waals surface area contributed by atoms with E-state index in [4.69, 9.17) is 13.9 Å². The molecule has 116 valence electrons. The van der Waals surface area contributed by atoms with Gasteiger partial charge in [0.05, 0.1) is 20.2 Å². The van der Waals surface area contributed by atoms with E-state index in [-0.39, 0.29) is 10.1 Å². The highest BCUT2D eigenvalue weighted by atomic mass is 32.2. The number of rotatable bonds is 6. The summed E-state index contributed by atoms with van der Waals surface area (Å²) in [5.74, 6) is 0.0649. The summed E-state index contributed by atoms with van der Waals surface area (Å²) < 4.78 is 15.5. The molecule has 1 aromatic carbocycles. The lowest BCUT2D eigenvalue weighted by atomic mass is 10.1. The van der Waals surface area contributed by atoms with E-state index in [0.717, 1.165) is 11.8 Å². The highest BCUT2D eigenvalue weighted by Crippen LogP contribution is 2.31. The molecule has 0 aliphatic rings. The first-order valence-corrected chi connectivity index (χ1v) is 6.98. The number of hydrogen-bond donors (Lipinski definition) is 0. The summed E-state index contributed by atoms with van der Waals surface area (Å²) in [6.45, 7) is 1.62. The lowest BCUT2D eigenvalue weighted by molar-refractivity contribution is -0.298. The van der Waals surface area contributed by atoms with Crippen LogP contribution in [0.15, 0.2) is 32.7 Å². The first-order valence-electron chi connectivity index (χ1n) is 6.16. The molecule has 0 N–H and O–H groups in total. The van der Waals surface area contributed by atoms with Crippen LogP contribution < -0.4 is 14.6 Å². The number of carboxylic acids is 1. The molecule has 1 aromatic heterocycles. The zero-order valence-corrected chi connectivity index (χ0v) is 13.0. The summed E-state index contributed by atoms with van der Waals surface area (Å²) in [5.41, 5.74) is 0.532. The van der Waals surface area contributed by atoms with E-state index >= 15 is 0 Å². The van der Waals surface area contributed by atoms with Crippen LogP contribution in [-0.2, 0) is 4.79 Å². The number of carbonyl (C=O) groups excluding carboxylic acids is 1. The minimum absolute atomic E-state index is 0.0878. The van der Waals surface area contributed by atoms with Crippen LogP contribution in [0.1, 0.15) is 11.5 Å². The van der Waals surface area contributed by atoms with Gasteiger partial charge in [0, 0.05) is 17.4 Å². The van der Waals surface area contributed by atoms with Gasteiger partial charge in [0.1, 0.15) is 11.5 Å². The smallest absolute Gasteiger partial charge is 0.281 e. The summed E-state index contributed by atoms with van der Waals surface area (Å²) >= 11 is 0.808. The summed E-state index contributed by atoms with van der Waals surface area (Å²) in [4.78, 5) is 11.2. The first-order chi connectivity index (χ1) is 10.5. The van der Waals surface area contributed by atoms with Gasteiger partial charge in [-0.05, 0) is 36.0 Å². The van der Waals surface area contributed by atoms with Crippen molar-refractivity contribution in [3.05, 3.63) is 34.6 Å². The Labute approximate surface area is 130 Å². The molecule has 0 fully saturated rings. The number of carbonyl (C=O) groups is 1. The maximum atomic E-state index is 11.3. The second-order valence-corrected chi connectivity index (χ2v) is 5.09. The van der Waals surface area contributed by atoms with Gasteiger partial charge in [0.15, 0.2) is 0 Å². The number of benzene rings is 1. The highest BCUT2D eigenvalue weighted by molar-refractivity contribution is 8.03. The van der Waals surface area contributed by atoms with Crippen LogP contribution in [0, 0.1) is 6.92 Å². The van der Waals surface area contributed by atoms with Crippen LogP contribution >= 0.6 is 11.8 Å². The zero-order valence-electron chi connectivity index (χ0n) is 12.2. The molecule has 2 aromatic rings. The molecule has 0 radical (unpaired) electrons. The summed E-state index contributed by atoms with van der Waals surface area (Å²) in [5, 5.41) is 18.8. The van der Waals surface area contributed by atoms with Gasteiger partial charge in [-0.15, -0.1) is 10.2 Å². The number of hydrogen-bond acceptors (Lipinski definition) is 8. The van der Waals surface area contributed by atoms with E-state index in [9.17, 15) is 9.90 Å². The van der Waals surface area contributed by atoms with Crippen molar-refractivity contribution in [3.63, 3.8) is 0 Å². The molecule has 0 unspecified atom stereocenters. The minimum atomic E-state index is -1.36. The predicted octanol–water partition coefficient (Wildman–Crippen LogP) is 1.28. The third kappa shape index (κ3) is 3.79. The Morgan fingerprint density at radius 3 is 2.64 bits per heavy atom. The second-order valence-electron chi connectivity index (χ2n) is 4.09. The van der Waals surface area contributed by atoms with Crippen molar-refractivity contribution in [1.82, 2.24) is 10.2 Å². The Morgan fingerprint density at radius 2 is 2.09 bits per heavy atom. The fraction of sp³-hybridized carbons (Fsp3) is 0.214. The van der Waals surface area contributed by atoms with E-state index in [1.165, 1.54) is 20.3 Å². The lowest BCUT2D eigenvalue weighted by Crippen LogP contribution is -2.23. The molecule has 0 aliphatic carbocycles. The van der Waals surface area contributed by atoms with Crippen LogP contribution in [-0.4, -0.2) is 30.4 Å². The number of carboxylic acid groups (broad SMARTS) is 1. The molecule has 7 nitrogen and oxygen atoms in total. The number of aryl methyl sites for hydroxylation is 1. The van der Waals surface area contributed by atoms with Gasteiger partial charge < -0.3 is 23.8 Å². The highest BCUT2D eigenvalue weighted by Gasteiger charge is 2.11. The van der Waals surface area contributed by atoms with Crippen molar-refractivity contribution in [3.8, 4) is 11.5 Å². The monoisotopic (exact) mass is 321 g/mol. The normalized spacial score (nSPS) is 11.3. The number of nitrogens with zero attached hydrogens (tertiary/aromatic N) is 2. The Balaban J connectivity index is 2.39. The quantitative estimate of drug-likeness (QED) is 0.579. The molecule has 1 heterocycles. The van der Waals surface area contributed by atoms with Crippen molar-refractivity contribution in [1.29, 1.82) is 0 Å². The summed E-state index contributed by atoms with van der Waals surface area (Å²) in [7, 11) is 3.01. The number of aromatic nitrogens is 2. The predicted molar refractivity (Wildman–Crippen MR) is 77.4 cm³/mol. The van der Waals surface area contributed by atoms with Gasteiger partial charge in [-0.3, -0.25) is 0 Å². The van der Waals surface area contributed by atoms with Gasteiger partial charge >= 0.3 is 0 Å². The molecule has 0 saturated carbocycles. The maximum absolute atomic E-state index is 11.3. The standard InChI is InChI=1S/C14H14N2O5S/c1-8-15-16-14(21-8)22-12(13(17)18)7-9-6-10(19-2)4-5-11(9)20-3/h4-7H,1-3H3,(H,17,18)/p-1/b12-7-. The van der Waals surface area contributed by atoms with E-state index in [1.807, 2.05) is 0 Å². The van der Waals surface area contributed by atoms with Crippen LogP contribution in [0.3, 0.4) is 0 Å². The number of methoxy groups -OCH3 is 2. The fourth-order valence-electron chi connectivity index (χ4n) is 1.64. The first kappa shape index (κ1) is 15.9. The fourth-order valence-corrected chi connectivity index (χ4v) is 2.34. The van der Waals surface area contributed by atoms with Crippen molar-refractivity contribution < 1.29 is 23.8 Å². The van der Waals surface area contributed by atoms with Crippen molar-refractivity contribution in [2.75, 3.05) is 14.2 Å². The van der Waals surface area contributed by atoms with Crippen molar-refractivity contribution in [2.24, 2.45) is 0 Å². The summed E-state index contributed by atoms with van der Waals surface area (Å²) in [6.07, 6.45) is 1.40. The van der Waals surface area contributed by atoms with Crippen LogP contribution in [0.4, 0.5) is 0 Å². The molecular weight excluding hydrogens is 308 g/mol. The maximum Gasteiger partial charge on any atom is 0.281 e. The number of ether oxygens (including phenoxy) is 2. The van der Waals surface area contributed by atoms with Crippen molar-refractivity contribution in [2.45, 2.75) is 12.1 Å². The Kier molecular flexibility index (Phi) is 5.05. The van der Waals surface area contributed by atoms with E-state index in [1.54, 1.807) is 25.1 Å². The number of aliphatic carboxylic acids is 1. The summed E-state index contributed by atoms with van der Waals surface area (Å²) in [6, 6.07) is 5.05. The molecular formula is C14H13N2O5S-. The van der Waals surface area contributed by atoms with Crippen LogP contribution in [0.2, 0.25) is 0 Å². The average molecular weight is 321 g/mol. The molecule has 0 amide bonds. The molecule has 2 rings (SSSR count).